The van der Waals surface area contributed by atoms with Gasteiger partial charge in [0.2, 0.25) is 17.7 Å². The Balaban J connectivity index is 1.68. The molecule has 1 aromatic carbocycles. The van der Waals surface area contributed by atoms with E-state index in [4.69, 9.17) is 0 Å². The highest BCUT2D eigenvalue weighted by Crippen LogP contribution is 2.37. The van der Waals surface area contributed by atoms with Crippen molar-refractivity contribution in [1.82, 2.24) is 4.90 Å². The first-order valence-corrected chi connectivity index (χ1v) is 7.57. The smallest absolute Gasteiger partial charge is 0.244 e. The standard InChI is InChI=1S/C16H16F2N2O3/c17-9-5-6-13(12(18)7-9)19-14(21)8-20-15(22)10-3-1-2-4-11(10)16(20)23/h5-7,10-11H,1-4,8H2,(H,19,21). The summed E-state index contributed by atoms with van der Waals surface area (Å²) in [4.78, 5) is 37.4. The van der Waals surface area contributed by atoms with E-state index in [1.165, 1.54) is 0 Å². The number of carbonyl (C=O) groups excluding carboxylic acids is 3. The van der Waals surface area contributed by atoms with Crippen LogP contribution in [0, 0.1) is 23.5 Å². The molecule has 1 aromatic rings. The number of carbonyl (C=O) groups is 3. The van der Waals surface area contributed by atoms with Crippen molar-refractivity contribution in [2.75, 3.05) is 11.9 Å². The largest absolute Gasteiger partial charge is 0.322 e. The molecule has 0 bridgehead atoms. The van der Waals surface area contributed by atoms with Gasteiger partial charge in [0.1, 0.15) is 18.2 Å². The van der Waals surface area contributed by atoms with Crippen LogP contribution in [-0.2, 0) is 14.4 Å². The Morgan fingerprint density at radius 1 is 1.13 bits per heavy atom. The lowest BCUT2D eigenvalue weighted by atomic mass is 9.81. The van der Waals surface area contributed by atoms with Gasteiger partial charge in [-0.15, -0.1) is 0 Å². The zero-order chi connectivity index (χ0) is 16.6. The summed E-state index contributed by atoms with van der Waals surface area (Å²) in [5.74, 6) is -3.65. The van der Waals surface area contributed by atoms with Crippen LogP contribution in [0.4, 0.5) is 14.5 Å². The SMILES string of the molecule is O=C(CN1C(=O)C2CCCCC2C1=O)Nc1ccc(F)cc1F. The number of imide groups is 1. The van der Waals surface area contributed by atoms with Gasteiger partial charge in [0.15, 0.2) is 0 Å². The molecular formula is C16H16F2N2O3. The predicted octanol–water partition coefficient (Wildman–Crippen LogP) is 2.08. The van der Waals surface area contributed by atoms with Crippen molar-refractivity contribution in [2.24, 2.45) is 11.8 Å². The van der Waals surface area contributed by atoms with Crippen LogP contribution in [0.25, 0.3) is 0 Å². The molecule has 1 saturated heterocycles. The molecule has 0 radical (unpaired) electrons. The van der Waals surface area contributed by atoms with Crippen molar-refractivity contribution in [3.63, 3.8) is 0 Å². The van der Waals surface area contributed by atoms with Crippen molar-refractivity contribution in [3.05, 3.63) is 29.8 Å². The van der Waals surface area contributed by atoms with E-state index in [0.717, 1.165) is 29.9 Å². The van der Waals surface area contributed by atoms with Gasteiger partial charge in [0.25, 0.3) is 0 Å². The number of fused-ring (bicyclic) bond motifs is 1. The van der Waals surface area contributed by atoms with Crippen molar-refractivity contribution in [3.8, 4) is 0 Å². The lowest BCUT2D eigenvalue weighted by molar-refractivity contribution is -0.142. The molecule has 5 nitrogen and oxygen atoms in total. The fraction of sp³-hybridized carbons (Fsp3) is 0.438. The molecule has 2 aliphatic rings. The molecule has 1 saturated carbocycles. The fourth-order valence-electron chi connectivity index (χ4n) is 3.31. The second-order valence-electron chi connectivity index (χ2n) is 5.93. The zero-order valence-corrected chi connectivity index (χ0v) is 12.4. The average Bonchev–Trinajstić information content (AvgIpc) is 2.76. The number of benzene rings is 1. The second kappa shape index (κ2) is 6.06. The number of halogens is 2. The first-order valence-electron chi connectivity index (χ1n) is 7.57. The lowest BCUT2D eigenvalue weighted by Gasteiger charge is -2.19. The average molecular weight is 322 g/mol. The molecule has 1 aliphatic heterocycles. The third-order valence-corrected chi connectivity index (χ3v) is 4.44. The third-order valence-electron chi connectivity index (χ3n) is 4.44. The number of hydrogen-bond acceptors (Lipinski definition) is 3. The predicted molar refractivity (Wildman–Crippen MR) is 77.2 cm³/mol. The summed E-state index contributed by atoms with van der Waals surface area (Å²) in [7, 11) is 0. The van der Waals surface area contributed by atoms with Gasteiger partial charge in [-0.3, -0.25) is 19.3 Å². The van der Waals surface area contributed by atoms with E-state index < -0.39 is 24.1 Å². The van der Waals surface area contributed by atoms with Gasteiger partial charge in [0, 0.05) is 6.07 Å². The van der Waals surface area contributed by atoms with Gasteiger partial charge in [-0.05, 0) is 25.0 Å². The number of rotatable bonds is 3. The number of nitrogens with zero attached hydrogens (tertiary/aromatic N) is 1. The Morgan fingerprint density at radius 3 is 2.30 bits per heavy atom. The molecule has 3 amide bonds. The summed E-state index contributed by atoms with van der Waals surface area (Å²) in [6.45, 7) is -0.443. The highest BCUT2D eigenvalue weighted by molar-refractivity contribution is 6.08. The van der Waals surface area contributed by atoms with Crippen molar-refractivity contribution >= 4 is 23.4 Å². The van der Waals surface area contributed by atoms with E-state index in [9.17, 15) is 23.2 Å². The van der Waals surface area contributed by atoms with Crippen LogP contribution >= 0.6 is 0 Å². The Morgan fingerprint density at radius 2 is 1.74 bits per heavy atom. The Labute approximate surface area is 131 Å². The molecule has 0 spiro atoms. The quantitative estimate of drug-likeness (QED) is 0.867. The van der Waals surface area contributed by atoms with Crippen LogP contribution in [0.15, 0.2) is 18.2 Å². The number of hydrogen-bond donors (Lipinski definition) is 1. The molecule has 1 aliphatic carbocycles. The van der Waals surface area contributed by atoms with Crippen molar-refractivity contribution in [1.29, 1.82) is 0 Å². The maximum absolute atomic E-state index is 13.5. The van der Waals surface area contributed by atoms with Crippen LogP contribution < -0.4 is 5.32 Å². The van der Waals surface area contributed by atoms with Gasteiger partial charge >= 0.3 is 0 Å². The summed E-state index contributed by atoms with van der Waals surface area (Å²) >= 11 is 0. The molecule has 0 aromatic heterocycles. The van der Waals surface area contributed by atoms with E-state index in [1.807, 2.05) is 0 Å². The van der Waals surface area contributed by atoms with Gasteiger partial charge < -0.3 is 5.32 Å². The van der Waals surface area contributed by atoms with E-state index >= 15 is 0 Å². The van der Waals surface area contributed by atoms with Crippen LogP contribution in [-0.4, -0.2) is 29.2 Å². The molecule has 2 fully saturated rings. The summed E-state index contributed by atoms with van der Waals surface area (Å²) in [6.07, 6.45) is 3.14. The molecule has 23 heavy (non-hydrogen) atoms. The van der Waals surface area contributed by atoms with Gasteiger partial charge in [-0.25, -0.2) is 8.78 Å². The molecule has 1 heterocycles. The number of amides is 3. The first kappa shape index (κ1) is 15.6. The molecule has 2 atom stereocenters. The molecule has 1 N–H and O–H groups in total. The van der Waals surface area contributed by atoms with Crippen molar-refractivity contribution < 1.29 is 23.2 Å². The highest BCUT2D eigenvalue weighted by atomic mass is 19.1. The Hall–Kier alpha value is -2.31. The fourth-order valence-corrected chi connectivity index (χ4v) is 3.31. The van der Waals surface area contributed by atoms with E-state index in [2.05, 4.69) is 5.32 Å². The normalized spacial score (nSPS) is 23.8. The van der Waals surface area contributed by atoms with Gasteiger partial charge in [-0.2, -0.15) is 0 Å². The van der Waals surface area contributed by atoms with Crippen LogP contribution in [0.1, 0.15) is 25.7 Å². The second-order valence-corrected chi connectivity index (χ2v) is 5.93. The minimum Gasteiger partial charge on any atom is -0.322 e. The minimum absolute atomic E-state index is 0.187. The lowest BCUT2D eigenvalue weighted by Crippen LogP contribution is -2.38. The summed E-state index contributed by atoms with van der Waals surface area (Å²) in [6, 6.07) is 2.76. The zero-order valence-electron chi connectivity index (χ0n) is 12.4. The van der Waals surface area contributed by atoms with Gasteiger partial charge in [-0.1, -0.05) is 12.8 Å². The number of likely N-dealkylation sites (tertiary alicyclic amines) is 1. The summed E-state index contributed by atoms with van der Waals surface area (Å²) in [5.41, 5.74) is -0.187. The maximum Gasteiger partial charge on any atom is 0.244 e. The van der Waals surface area contributed by atoms with Crippen LogP contribution in [0.3, 0.4) is 0 Å². The molecule has 2 unspecified atom stereocenters. The molecule has 3 rings (SSSR count). The van der Waals surface area contributed by atoms with E-state index in [1.54, 1.807) is 0 Å². The summed E-state index contributed by atoms with van der Waals surface area (Å²) in [5, 5.41) is 2.26. The maximum atomic E-state index is 13.5. The number of nitrogens with one attached hydrogen (secondary N) is 1. The Kier molecular flexibility index (Phi) is 4.11. The van der Waals surface area contributed by atoms with E-state index in [0.29, 0.717) is 18.9 Å². The summed E-state index contributed by atoms with van der Waals surface area (Å²) < 4.78 is 26.4. The Bertz CT molecular complexity index is 653. The minimum atomic E-state index is -0.911. The first-order chi connectivity index (χ1) is 11.0. The number of anilines is 1. The van der Waals surface area contributed by atoms with Gasteiger partial charge in [0.05, 0.1) is 17.5 Å². The topological polar surface area (TPSA) is 66.5 Å². The van der Waals surface area contributed by atoms with Crippen LogP contribution in [0.5, 0.6) is 0 Å². The molecule has 7 heteroatoms. The van der Waals surface area contributed by atoms with Crippen molar-refractivity contribution in [2.45, 2.75) is 25.7 Å². The monoisotopic (exact) mass is 322 g/mol. The van der Waals surface area contributed by atoms with Crippen LogP contribution in [0.2, 0.25) is 0 Å². The third kappa shape index (κ3) is 2.95. The van der Waals surface area contributed by atoms with E-state index in [-0.39, 0.29) is 29.3 Å². The molecular weight excluding hydrogens is 306 g/mol. The highest BCUT2D eigenvalue weighted by Gasteiger charge is 2.48. The molecule has 122 valence electrons.